The average Bonchev–Trinajstić information content (AvgIpc) is 2.84. The summed E-state index contributed by atoms with van der Waals surface area (Å²) in [7, 11) is 0. The van der Waals surface area contributed by atoms with E-state index in [0.29, 0.717) is 16.7 Å². The number of ketones is 3. The van der Waals surface area contributed by atoms with E-state index in [1.807, 2.05) is 12.1 Å². The van der Waals surface area contributed by atoms with E-state index in [1.54, 1.807) is 48.5 Å². The molecule has 4 rings (SSSR count). The number of benzene rings is 4. The third-order valence-corrected chi connectivity index (χ3v) is 4.92. The summed E-state index contributed by atoms with van der Waals surface area (Å²) in [5, 5.41) is 9.49. The Labute approximate surface area is 179 Å². The molecule has 0 heterocycles. The second-order valence-corrected chi connectivity index (χ2v) is 7.07. The average molecular weight is 406 g/mol. The molecule has 0 bridgehead atoms. The highest BCUT2D eigenvalue weighted by molar-refractivity contribution is 6.17. The van der Waals surface area contributed by atoms with Gasteiger partial charge in [0.25, 0.3) is 0 Å². The number of carbonyl (C=O) groups excluding carboxylic acids is 3. The number of hydrogen-bond donors (Lipinski definition) is 1. The number of hydrogen-bond acceptors (Lipinski definition) is 4. The van der Waals surface area contributed by atoms with E-state index in [0.717, 1.165) is 0 Å². The van der Waals surface area contributed by atoms with E-state index in [1.165, 1.54) is 42.5 Å². The van der Waals surface area contributed by atoms with Crippen LogP contribution in [0.2, 0.25) is 0 Å². The van der Waals surface area contributed by atoms with Crippen LogP contribution in [0, 0.1) is 0 Å². The second-order valence-electron chi connectivity index (χ2n) is 7.07. The van der Waals surface area contributed by atoms with E-state index in [9.17, 15) is 19.5 Å². The van der Waals surface area contributed by atoms with Crippen LogP contribution >= 0.6 is 0 Å². The summed E-state index contributed by atoms with van der Waals surface area (Å²) in [5.74, 6) is -0.847. The van der Waals surface area contributed by atoms with Crippen molar-refractivity contribution in [2.45, 2.75) is 0 Å². The minimum Gasteiger partial charge on any atom is -0.508 e. The van der Waals surface area contributed by atoms with E-state index < -0.39 is 0 Å². The first-order valence-corrected chi connectivity index (χ1v) is 9.71. The molecular weight excluding hydrogens is 388 g/mol. The lowest BCUT2D eigenvalue weighted by atomic mass is 9.92. The van der Waals surface area contributed by atoms with Gasteiger partial charge in [-0.25, -0.2) is 0 Å². The van der Waals surface area contributed by atoms with Crippen LogP contribution in [-0.4, -0.2) is 22.5 Å². The minimum atomic E-state index is -0.343. The van der Waals surface area contributed by atoms with Gasteiger partial charge in [-0.3, -0.25) is 14.4 Å². The van der Waals surface area contributed by atoms with E-state index in [-0.39, 0.29) is 39.8 Å². The molecular formula is C27H18O4. The molecule has 0 radical (unpaired) electrons. The van der Waals surface area contributed by atoms with Gasteiger partial charge in [0.15, 0.2) is 17.3 Å². The first-order valence-electron chi connectivity index (χ1n) is 9.71. The summed E-state index contributed by atoms with van der Waals surface area (Å²) in [5.41, 5.74) is 2.03. The summed E-state index contributed by atoms with van der Waals surface area (Å²) in [6.45, 7) is 0. The molecule has 0 saturated carbocycles. The van der Waals surface area contributed by atoms with Crippen molar-refractivity contribution in [3.05, 3.63) is 137 Å². The highest BCUT2D eigenvalue weighted by Crippen LogP contribution is 2.21. The highest BCUT2D eigenvalue weighted by Gasteiger charge is 2.19. The zero-order valence-corrected chi connectivity index (χ0v) is 16.5. The van der Waals surface area contributed by atoms with Gasteiger partial charge in [0.2, 0.25) is 0 Å². The van der Waals surface area contributed by atoms with Crippen molar-refractivity contribution in [2.75, 3.05) is 0 Å². The van der Waals surface area contributed by atoms with Crippen LogP contribution in [0.25, 0.3) is 0 Å². The van der Waals surface area contributed by atoms with E-state index >= 15 is 0 Å². The lowest BCUT2D eigenvalue weighted by Gasteiger charge is -2.09. The summed E-state index contributed by atoms with van der Waals surface area (Å²) in [6.07, 6.45) is 0. The van der Waals surface area contributed by atoms with Gasteiger partial charge in [0, 0.05) is 33.4 Å². The standard InChI is InChI=1S/C27H18O4/c28-24-13-11-20(12-14-24)27(31)23-16-21(25(29)18-7-3-1-4-8-18)15-22(17-23)26(30)19-9-5-2-6-10-19/h1-17,28H. The molecule has 0 aromatic heterocycles. The fraction of sp³-hybridized carbons (Fsp3) is 0. The first-order chi connectivity index (χ1) is 15.0. The molecule has 150 valence electrons. The van der Waals surface area contributed by atoms with Crippen molar-refractivity contribution in [3.8, 4) is 5.75 Å². The van der Waals surface area contributed by atoms with Crippen molar-refractivity contribution in [3.63, 3.8) is 0 Å². The molecule has 1 N–H and O–H groups in total. The maximum Gasteiger partial charge on any atom is 0.193 e. The SMILES string of the molecule is O=C(c1ccccc1)c1cc(C(=O)c2ccccc2)cc(C(=O)c2ccc(O)cc2)c1. The van der Waals surface area contributed by atoms with Gasteiger partial charge in [0.1, 0.15) is 5.75 Å². The Morgan fingerprint density at radius 1 is 0.419 bits per heavy atom. The summed E-state index contributed by atoms with van der Waals surface area (Å²) < 4.78 is 0. The summed E-state index contributed by atoms with van der Waals surface area (Å²) in [4.78, 5) is 39.2. The molecule has 4 heteroatoms. The third-order valence-electron chi connectivity index (χ3n) is 4.92. The quantitative estimate of drug-likeness (QED) is 0.453. The van der Waals surface area contributed by atoms with Gasteiger partial charge < -0.3 is 5.11 Å². The second kappa shape index (κ2) is 8.59. The Morgan fingerprint density at radius 2 is 0.742 bits per heavy atom. The molecule has 0 atom stereocenters. The van der Waals surface area contributed by atoms with Crippen LogP contribution in [-0.2, 0) is 0 Å². The first kappa shape index (κ1) is 20.0. The van der Waals surface area contributed by atoms with Crippen molar-refractivity contribution >= 4 is 17.3 Å². The fourth-order valence-corrected chi connectivity index (χ4v) is 3.31. The molecule has 0 aliphatic heterocycles. The van der Waals surface area contributed by atoms with Gasteiger partial charge in [-0.05, 0) is 42.5 Å². The Morgan fingerprint density at radius 3 is 1.10 bits per heavy atom. The van der Waals surface area contributed by atoms with Gasteiger partial charge in [-0.2, -0.15) is 0 Å². The number of aromatic hydroxyl groups is 1. The van der Waals surface area contributed by atoms with Crippen LogP contribution in [0.15, 0.2) is 103 Å². The lowest BCUT2D eigenvalue weighted by molar-refractivity contribution is 0.103. The summed E-state index contributed by atoms with van der Waals surface area (Å²) in [6, 6.07) is 27.8. The largest absolute Gasteiger partial charge is 0.508 e. The van der Waals surface area contributed by atoms with E-state index in [4.69, 9.17) is 0 Å². The maximum atomic E-state index is 13.1. The molecule has 0 aliphatic carbocycles. The van der Waals surface area contributed by atoms with Crippen LogP contribution < -0.4 is 0 Å². The Hall–Kier alpha value is -4.31. The van der Waals surface area contributed by atoms with E-state index in [2.05, 4.69) is 0 Å². The predicted octanol–water partition coefficient (Wildman–Crippen LogP) is 5.09. The zero-order valence-electron chi connectivity index (χ0n) is 16.5. The molecule has 31 heavy (non-hydrogen) atoms. The minimum absolute atomic E-state index is 0.0458. The van der Waals surface area contributed by atoms with Gasteiger partial charge >= 0.3 is 0 Å². The molecule has 0 fully saturated rings. The zero-order chi connectivity index (χ0) is 21.8. The maximum absolute atomic E-state index is 13.1. The molecule has 0 aliphatic rings. The molecule has 4 aromatic rings. The highest BCUT2D eigenvalue weighted by atomic mass is 16.3. The number of phenols is 1. The van der Waals surface area contributed by atoms with Crippen LogP contribution in [0.1, 0.15) is 47.8 Å². The van der Waals surface area contributed by atoms with Crippen molar-refractivity contribution in [2.24, 2.45) is 0 Å². The normalized spacial score (nSPS) is 10.5. The Balaban J connectivity index is 1.82. The van der Waals surface area contributed by atoms with Crippen molar-refractivity contribution in [1.29, 1.82) is 0 Å². The van der Waals surface area contributed by atoms with Crippen molar-refractivity contribution < 1.29 is 19.5 Å². The Bertz CT molecular complexity index is 1190. The molecule has 0 amide bonds. The van der Waals surface area contributed by atoms with Crippen LogP contribution in [0.4, 0.5) is 0 Å². The topological polar surface area (TPSA) is 71.4 Å². The van der Waals surface area contributed by atoms with Gasteiger partial charge in [0.05, 0.1) is 0 Å². The van der Waals surface area contributed by atoms with Crippen LogP contribution in [0.3, 0.4) is 0 Å². The fourth-order valence-electron chi connectivity index (χ4n) is 3.31. The third kappa shape index (κ3) is 4.33. The smallest absolute Gasteiger partial charge is 0.193 e. The molecule has 0 unspecified atom stereocenters. The van der Waals surface area contributed by atoms with Gasteiger partial charge in [-0.1, -0.05) is 60.7 Å². The van der Waals surface area contributed by atoms with Gasteiger partial charge in [-0.15, -0.1) is 0 Å². The molecule has 0 saturated heterocycles. The van der Waals surface area contributed by atoms with Crippen molar-refractivity contribution in [1.82, 2.24) is 0 Å². The number of rotatable bonds is 6. The Kier molecular flexibility index (Phi) is 5.54. The molecule has 4 nitrogen and oxygen atoms in total. The monoisotopic (exact) mass is 406 g/mol. The predicted molar refractivity (Wildman–Crippen MR) is 118 cm³/mol. The summed E-state index contributed by atoms with van der Waals surface area (Å²) >= 11 is 0. The number of phenolic OH excluding ortho intramolecular Hbond substituents is 1. The molecule has 0 spiro atoms. The lowest BCUT2D eigenvalue weighted by Crippen LogP contribution is -2.10. The molecule has 4 aromatic carbocycles. The van der Waals surface area contributed by atoms with Crippen LogP contribution in [0.5, 0.6) is 5.75 Å². The number of carbonyl (C=O) groups is 3.